The van der Waals surface area contributed by atoms with Crippen molar-refractivity contribution in [2.75, 3.05) is 6.61 Å². The molecule has 1 heterocycles. The maximum Gasteiger partial charge on any atom is 0.342 e. The van der Waals surface area contributed by atoms with Crippen LogP contribution in [0.15, 0.2) is 53.3 Å². The number of rotatable bonds is 4. The number of nitrogens with zero attached hydrogens (tertiary/aromatic N) is 1. The van der Waals surface area contributed by atoms with Crippen molar-refractivity contribution in [1.29, 1.82) is 0 Å². The van der Waals surface area contributed by atoms with Gasteiger partial charge in [0.2, 0.25) is 0 Å². The number of hydrogen-bond acceptors (Lipinski definition) is 3. The summed E-state index contributed by atoms with van der Waals surface area (Å²) in [4.78, 5) is 24.3. The maximum absolute atomic E-state index is 12.2. The Labute approximate surface area is 146 Å². The number of hydrogen-bond donors (Lipinski definition) is 0. The van der Waals surface area contributed by atoms with Gasteiger partial charge in [0.05, 0.1) is 6.61 Å². The van der Waals surface area contributed by atoms with E-state index in [1.54, 1.807) is 19.1 Å². The number of fused-ring (bicyclic) bond motifs is 1. The summed E-state index contributed by atoms with van der Waals surface area (Å²) in [6, 6.07) is 15.1. The summed E-state index contributed by atoms with van der Waals surface area (Å²) in [5.74, 6) is -0.571. The minimum atomic E-state index is -0.571. The molecule has 1 aromatic heterocycles. The Balaban J connectivity index is 2.18. The smallest absolute Gasteiger partial charge is 0.342 e. The monoisotopic (exact) mass is 335 g/mol. The van der Waals surface area contributed by atoms with Gasteiger partial charge in [-0.3, -0.25) is 4.79 Å². The Kier molecular flexibility index (Phi) is 4.70. The van der Waals surface area contributed by atoms with Crippen LogP contribution in [0.2, 0.25) is 0 Å². The van der Waals surface area contributed by atoms with Crippen LogP contribution in [0.1, 0.15) is 34.2 Å². The average molecular weight is 335 g/mol. The van der Waals surface area contributed by atoms with E-state index in [0.29, 0.717) is 0 Å². The number of esters is 1. The van der Waals surface area contributed by atoms with Gasteiger partial charge in [0.25, 0.3) is 0 Å². The summed E-state index contributed by atoms with van der Waals surface area (Å²) in [5.41, 5.74) is 3.06. The number of carbonyl (C=O) groups is 1. The molecule has 0 amide bonds. The van der Waals surface area contributed by atoms with Gasteiger partial charge in [0.1, 0.15) is 5.56 Å². The minimum absolute atomic E-state index is 0.0804. The fourth-order valence-corrected chi connectivity index (χ4v) is 3.16. The molecule has 0 radical (unpaired) electrons. The van der Waals surface area contributed by atoms with Gasteiger partial charge < -0.3 is 9.30 Å². The molecule has 0 saturated heterocycles. The molecule has 0 fully saturated rings. The van der Waals surface area contributed by atoms with Crippen LogP contribution in [0.5, 0.6) is 0 Å². The molecule has 0 aliphatic carbocycles. The molecular formula is C21H21NO3. The van der Waals surface area contributed by atoms with Crippen LogP contribution in [0.4, 0.5) is 0 Å². The highest BCUT2D eigenvalue weighted by atomic mass is 16.5. The summed E-state index contributed by atoms with van der Waals surface area (Å²) >= 11 is 0. The first-order valence-electron chi connectivity index (χ1n) is 8.37. The lowest BCUT2D eigenvalue weighted by molar-refractivity contribution is 0.0525. The zero-order valence-electron chi connectivity index (χ0n) is 14.7. The van der Waals surface area contributed by atoms with Gasteiger partial charge in [0.15, 0.2) is 5.43 Å². The first-order valence-corrected chi connectivity index (χ1v) is 8.37. The molecule has 3 rings (SSSR count). The summed E-state index contributed by atoms with van der Waals surface area (Å²) in [6.45, 7) is 6.76. The SMILES string of the molecule is CCOC(=O)c1cc2c(C)n(Cc3ccccc3)c(C)c2ccc1=O. The van der Waals surface area contributed by atoms with E-state index < -0.39 is 5.97 Å². The van der Waals surface area contributed by atoms with Crippen molar-refractivity contribution in [3.63, 3.8) is 0 Å². The van der Waals surface area contributed by atoms with Crippen LogP contribution in [0.3, 0.4) is 0 Å². The fourth-order valence-electron chi connectivity index (χ4n) is 3.16. The van der Waals surface area contributed by atoms with Crippen LogP contribution >= 0.6 is 0 Å². The quantitative estimate of drug-likeness (QED) is 0.681. The molecule has 0 atom stereocenters. The van der Waals surface area contributed by atoms with Crippen molar-refractivity contribution in [3.05, 3.63) is 81.3 Å². The second-order valence-electron chi connectivity index (χ2n) is 6.05. The normalized spacial score (nSPS) is 10.8. The lowest BCUT2D eigenvalue weighted by Crippen LogP contribution is -2.14. The van der Waals surface area contributed by atoms with Gasteiger partial charge in [0, 0.05) is 28.7 Å². The lowest BCUT2D eigenvalue weighted by atomic mass is 10.2. The first-order chi connectivity index (χ1) is 12.0. The molecule has 0 aliphatic rings. The van der Waals surface area contributed by atoms with E-state index >= 15 is 0 Å². The lowest BCUT2D eigenvalue weighted by Gasteiger charge is -2.09. The molecular weight excluding hydrogens is 314 g/mol. The summed E-state index contributed by atoms with van der Waals surface area (Å²) in [7, 11) is 0. The largest absolute Gasteiger partial charge is 0.462 e. The van der Waals surface area contributed by atoms with E-state index in [9.17, 15) is 9.59 Å². The third kappa shape index (κ3) is 3.20. The number of ether oxygens (including phenoxy) is 1. The van der Waals surface area contributed by atoms with Crippen LogP contribution in [0.25, 0.3) is 10.8 Å². The Morgan fingerprint density at radius 1 is 1.00 bits per heavy atom. The summed E-state index contributed by atoms with van der Waals surface area (Å²) in [5, 5.41) is 1.87. The van der Waals surface area contributed by atoms with E-state index in [1.165, 1.54) is 11.6 Å². The van der Waals surface area contributed by atoms with Gasteiger partial charge >= 0.3 is 5.97 Å². The molecule has 4 heteroatoms. The summed E-state index contributed by atoms with van der Waals surface area (Å²) in [6.07, 6.45) is 0. The predicted octanol–water partition coefficient (Wildman–Crippen LogP) is 3.84. The van der Waals surface area contributed by atoms with E-state index in [1.807, 2.05) is 32.0 Å². The first kappa shape index (κ1) is 17.0. The van der Waals surface area contributed by atoms with Crippen LogP contribution in [-0.4, -0.2) is 17.1 Å². The number of benzene rings is 1. The molecule has 0 saturated carbocycles. The number of aryl methyl sites for hydroxylation is 2. The third-order valence-corrected chi connectivity index (χ3v) is 4.51. The average Bonchev–Trinajstić information content (AvgIpc) is 2.74. The molecule has 0 aliphatic heterocycles. The minimum Gasteiger partial charge on any atom is -0.462 e. The number of aromatic nitrogens is 1. The molecule has 128 valence electrons. The van der Waals surface area contributed by atoms with Crippen molar-refractivity contribution in [3.8, 4) is 0 Å². The zero-order valence-corrected chi connectivity index (χ0v) is 14.7. The Hall–Kier alpha value is -2.88. The van der Waals surface area contributed by atoms with Gasteiger partial charge in [-0.2, -0.15) is 0 Å². The Morgan fingerprint density at radius 3 is 2.36 bits per heavy atom. The Morgan fingerprint density at radius 2 is 1.68 bits per heavy atom. The van der Waals surface area contributed by atoms with Crippen molar-refractivity contribution in [1.82, 2.24) is 4.57 Å². The van der Waals surface area contributed by atoms with E-state index in [-0.39, 0.29) is 17.6 Å². The van der Waals surface area contributed by atoms with E-state index in [0.717, 1.165) is 28.7 Å². The van der Waals surface area contributed by atoms with Crippen molar-refractivity contribution >= 4 is 16.7 Å². The highest BCUT2D eigenvalue weighted by Gasteiger charge is 2.15. The van der Waals surface area contributed by atoms with Gasteiger partial charge in [-0.1, -0.05) is 30.3 Å². The topological polar surface area (TPSA) is 48.3 Å². The van der Waals surface area contributed by atoms with E-state index in [2.05, 4.69) is 16.7 Å². The van der Waals surface area contributed by atoms with Crippen LogP contribution in [0, 0.1) is 13.8 Å². The highest BCUT2D eigenvalue weighted by Crippen LogP contribution is 2.26. The van der Waals surface area contributed by atoms with Crippen LogP contribution in [-0.2, 0) is 11.3 Å². The molecule has 25 heavy (non-hydrogen) atoms. The van der Waals surface area contributed by atoms with Crippen LogP contribution < -0.4 is 5.43 Å². The molecule has 3 aromatic rings. The van der Waals surface area contributed by atoms with Crippen molar-refractivity contribution < 1.29 is 9.53 Å². The zero-order chi connectivity index (χ0) is 18.0. The highest BCUT2D eigenvalue weighted by molar-refractivity contribution is 5.96. The van der Waals surface area contributed by atoms with Gasteiger partial charge in [-0.15, -0.1) is 0 Å². The molecule has 0 spiro atoms. The fraction of sp³-hybridized carbons (Fsp3) is 0.238. The third-order valence-electron chi connectivity index (χ3n) is 4.51. The van der Waals surface area contributed by atoms with Crippen molar-refractivity contribution in [2.45, 2.75) is 27.3 Å². The standard InChI is InChI=1S/C21H21NO3/c1-4-25-21(24)19-12-18-15(3)22(13-16-8-6-5-7-9-16)14(2)17(18)10-11-20(19)23/h5-12H,4,13H2,1-3H3. The van der Waals surface area contributed by atoms with Gasteiger partial charge in [-0.25, -0.2) is 4.79 Å². The Bertz CT molecular complexity index is 987. The second-order valence-corrected chi connectivity index (χ2v) is 6.05. The summed E-state index contributed by atoms with van der Waals surface area (Å²) < 4.78 is 7.23. The second kappa shape index (κ2) is 6.93. The molecule has 0 unspecified atom stereocenters. The molecule has 2 aromatic carbocycles. The molecule has 0 N–H and O–H groups in total. The van der Waals surface area contributed by atoms with Crippen molar-refractivity contribution in [2.24, 2.45) is 0 Å². The van der Waals surface area contributed by atoms with E-state index in [4.69, 9.17) is 4.74 Å². The number of carbonyl (C=O) groups excluding carboxylic acids is 1. The predicted molar refractivity (Wildman–Crippen MR) is 99.2 cm³/mol. The van der Waals surface area contributed by atoms with Gasteiger partial charge in [-0.05, 0) is 44.5 Å². The maximum atomic E-state index is 12.2. The molecule has 4 nitrogen and oxygen atoms in total. The molecule has 0 bridgehead atoms.